The smallest absolute Gasteiger partial charge is 0.253 e. The second-order valence-electron chi connectivity index (χ2n) is 8.08. The molecule has 0 aromatic carbocycles. The van der Waals surface area contributed by atoms with Gasteiger partial charge in [-0.15, -0.1) is 0 Å². The van der Waals surface area contributed by atoms with Gasteiger partial charge < -0.3 is 20.1 Å². The number of carbonyl (C=O) groups excluding carboxylic acids is 4. The summed E-state index contributed by atoms with van der Waals surface area (Å²) in [6, 6.07) is 0. The predicted molar refractivity (Wildman–Crippen MR) is 99.8 cm³/mol. The van der Waals surface area contributed by atoms with E-state index in [1.54, 1.807) is 13.8 Å². The minimum absolute atomic E-state index is 0.127. The van der Waals surface area contributed by atoms with Crippen molar-refractivity contribution in [2.24, 2.45) is 5.41 Å². The molecule has 0 unspecified atom stereocenters. The highest BCUT2D eigenvalue weighted by molar-refractivity contribution is 6.12. The van der Waals surface area contributed by atoms with Gasteiger partial charge in [-0.25, -0.2) is 0 Å². The van der Waals surface area contributed by atoms with Crippen molar-refractivity contribution in [2.75, 3.05) is 26.2 Å². The molecule has 4 amide bonds. The number of amides is 4. The second kappa shape index (κ2) is 8.83. The third-order valence-corrected chi connectivity index (χ3v) is 4.57. The lowest BCUT2D eigenvalue weighted by atomic mass is 9.85. The lowest BCUT2D eigenvalue weighted by Crippen LogP contribution is -2.56. The Hall–Kier alpha value is -2.26. The second-order valence-corrected chi connectivity index (χ2v) is 8.08. The van der Waals surface area contributed by atoms with Crippen molar-refractivity contribution < 1.29 is 28.7 Å². The molecule has 0 aromatic heterocycles. The van der Waals surface area contributed by atoms with Crippen molar-refractivity contribution in [3.05, 3.63) is 12.2 Å². The van der Waals surface area contributed by atoms with E-state index in [1.165, 1.54) is 12.2 Å². The van der Waals surface area contributed by atoms with E-state index in [2.05, 4.69) is 10.6 Å². The topological polar surface area (TPSA) is 114 Å². The van der Waals surface area contributed by atoms with Crippen molar-refractivity contribution in [2.45, 2.75) is 52.4 Å². The van der Waals surface area contributed by atoms with Crippen LogP contribution in [0.15, 0.2) is 12.2 Å². The molecule has 0 saturated carbocycles. The molecule has 0 bridgehead atoms. The van der Waals surface area contributed by atoms with E-state index < -0.39 is 17.3 Å². The Balaban J connectivity index is 1.64. The molecule has 1 atom stereocenters. The van der Waals surface area contributed by atoms with E-state index in [0.717, 1.165) is 4.90 Å². The molecule has 0 spiro atoms. The van der Waals surface area contributed by atoms with Crippen LogP contribution in [0.4, 0.5) is 0 Å². The Kier molecular flexibility index (Phi) is 6.95. The molecule has 2 heterocycles. The molecular weight excluding hydrogens is 366 g/mol. The molecule has 0 aromatic rings. The summed E-state index contributed by atoms with van der Waals surface area (Å²) in [6.45, 7) is 8.49. The van der Waals surface area contributed by atoms with Crippen molar-refractivity contribution in [1.29, 1.82) is 0 Å². The van der Waals surface area contributed by atoms with Gasteiger partial charge in [-0.05, 0) is 20.3 Å². The van der Waals surface area contributed by atoms with E-state index in [-0.39, 0.29) is 43.1 Å². The summed E-state index contributed by atoms with van der Waals surface area (Å²) in [7, 11) is 0. The average Bonchev–Trinajstić information content (AvgIpc) is 2.92. The van der Waals surface area contributed by atoms with Crippen LogP contribution < -0.4 is 10.6 Å². The Labute approximate surface area is 164 Å². The van der Waals surface area contributed by atoms with Gasteiger partial charge in [0.25, 0.3) is 11.8 Å². The van der Waals surface area contributed by atoms with Crippen LogP contribution in [0.25, 0.3) is 0 Å². The minimum atomic E-state index is -0.831. The standard InChI is InChI=1S/C19H29N3O6/c1-18(2)12-27-19(3,4)28-16(18)17(26)21-10-8-13(23)20-9-5-11-22-14(24)6-7-15(22)25/h6-7,16H,5,8-12H2,1-4H3,(H,20,23)(H,21,26)/t16-/m0/s1. The number of nitrogens with zero attached hydrogens (tertiary/aromatic N) is 1. The highest BCUT2D eigenvalue weighted by Crippen LogP contribution is 2.34. The monoisotopic (exact) mass is 395 g/mol. The van der Waals surface area contributed by atoms with Gasteiger partial charge in [0, 0.05) is 43.6 Å². The number of nitrogens with one attached hydrogen (secondary N) is 2. The van der Waals surface area contributed by atoms with E-state index in [9.17, 15) is 19.2 Å². The van der Waals surface area contributed by atoms with Gasteiger partial charge in [0.2, 0.25) is 11.8 Å². The molecule has 0 radical (unpaired) electrons. The van der Waals surface area contributed by atoms with E-state index in [4.69, 9.17) is 9.47 Å². The van der Waals surface area contributed by atoms with Crippen LogP contribution in [0, 0.1) is 5.41 Å². The van der Waals surface area contributed by atoms with Gasteiger partial charge in [0.15, 0.2) is 5.79 Å². The van der Waals surface area contributed by atoms with E-state index >= 15 is 0 Å². The first-order chi connectivity index (χ1) is 13.0. The first kappa shape index (κ1) is 22.0. The summed E-state index contributed by atoms with van der Waals surface area (Å²) in [5, 5.41) is 5.45. The highest BCUT2D eigenvalue weighted by atomic mass is 16.7. The van der Waals surface area contributed by atoms with Crippen molar-refractivity contribution in [3.8, 4) is 0 Å². The zero-order valence-electron chi connectivity index (χ0n) is 16.9. The Morgan fingerprint density at radius 1 is 1.11 bits per heavy atom. The van der Waals surface area contributed by atoms with Gasteiger partial charge in [0.1, 0.15) is 6.10 Å². The molecular formula is C19H29N3O6. The zero-order chi connectivity index (χ0) is 20.9. The fraction of sp³-hybridized carbons (Fsp3) is 0.684. The largest absolute Gasteiger partial charge is 0.356 e. The molecule has 28 heavy (non-hydrogen) atoms. The molecule has 1 saturated heterocycles. The van der Waals surface area contributed by atoms with E-state index in [0.29, 0.717) is 19.6 Å². The lowest BCUT2D eigenvalue weighted by molar-refractivity contribution is -0.304. The molecule has 2 N–H and O–H groups in total. The lowest BCUT2D eigenvalue weighted by Gasteiger charge is -2.44. The Morgan fingerprint density at radius 2 is 1.75 bits per heavy atom. The van der Waals surface area contributed by atoms with Crippen LogP contribution >= 0.6 is 0 Å². The molecule has 2 rings (SSSR count). The van der Waals surface area contributed by atoms with Gasteiger partial charge >= 0.3 is 0 Å². The van der Waals surface area contributed by atoms with E-state index in [1.807, 2.05) is 13.8 Å². The fourth-order valence-corrected chi connectivity index (χ4v) is 2.92. The number of hydrogen-bond acceptors (Lipinski definition) is 6. The van der Waals surface area contributed by atoms with Crippen LogP contribution in [-0.4, -0.2) is 66.7 Å². The number of imide groups is 1. The Morgan fingerprint density at radius 3 is 2.39 bits per heavy atom. The van der Waals surface area contributed by atoms with Gasteiger partial charge in [-0.1, -0.05) is 13.8 Å². The third kappa shape index (κ3) is 5.87. The van der Waals surface area contributed by atoms with Crippen LogP contribution in [0.1, 0.15) is 40.5 Å². The molecule has 1 fully saturated rings. The summed E-state index contributed by atoms with van der Waals surface area (Å²) >= 11 is 0. The number of hydrogen-bond donors (Lipinski definition) is 2. The maximum atomic E-state index is 12.5. The van der Waals surface area contributed by atoms with Gasteiger partial charge in [0.05, 0.1) is 6.61 Å². The molecule has 156 valence electrons. The number of rotatable bonds is 8. The normalized spacial score (nSPS) is 23.0. The number of carbonyl (C=O) groups is 4. The quantitative estimate of drug-likeness (QED) is 0.445. The maximum Gasteiger partial charge on any atom is 0.253 e. The maximum absolute atomic E-state index is 12.5. The molecule has 0 aliphatic carbocycles. The zero-order valence-corrected chi connectivity index (χ0v) is 16.9. The fourth-order valence-electron chi connectivity index (χ4n) is 2.92. The molecule has 9 heteroatoms. The summed E-state index contributed by atoms with van der Waals surface area (Å²) in [6.07, 6.45) is 2.39. The van der Waals surface area contributed by atoms with Crippen molar-refractivity contribution in [3.63, 3.8) is 0 Å². The summed E-state index contributed by atoms with van der Waals surface area (Å²) in [4.78, 5) is 48.3. The summed E-state index contributed by atoms with van der Waals surface area (Å²) < 4.78 is 11.3. The highest BCUT2D eigenvalue weighted by Gasteiger charge is 2.45. The molecule has 2 aliphatic rings. The SMILES string of the molecule is CC1(C)OCC(C)(C)[C@H](C(=O)NCCC(=O)NCCCN2C(=O)C=CC2=O)O1. The van der Waals surface area contributed by atoms with Crippen LogP contribution in [0.5, 0.6) is 0 Å². The first-order valence-corrected chi connectivity index (χ1v) is 9.41. The van der Waals surface area contributed by atoms with Crippen LogP contribution in [0.2, 0.25) is 0 Å². The summed E-state index contributed by atoms with van der Waals surface area (Å²) in [5.74, 6) is -1.98. The predicted octanol–water partition coefficient (Wildman–Crippen LogP) is 0.102. The van der Waals surface area contributed by atoms with Gasteiger partial charge in [-0.3, -0.25) is 24.1 Å². The average molecular weight is 395 g/mol. The third-order valence-electron chi connectivity index (χ3n) is 4.57. The molecule has 2 aliphatic heterocycles. The van der Waals surface area contributed by atoms with Crippen molar-refractivity contribution in [1.82, 2.24) is 15.5 Å². The summed E-state index contributed by atoms with van der Waals surface area (Å²) in [5.41, 5.74) is -0.471. The van der Waals surface area contributed by atoms with Crippen molar-refractivity contribution >= 4 is 23.6 Å². The van der Waals surface area contributed by atoms with Crippen LogP contribution in [-0.2, 0) is 28.7 Å². The number of ether oxygens (including phenoxy) is 2. The van der Waals surface area contributed by atoms with Gasteiger partial charge in [-0.2, -0.15) is 0 Å². The minimum Gasteiger partial charge on any atom is -0.356 e. The van der Waals surface area contributed by atoms with Crippen LogP contribution in [0.3, 0.4) is 0 Å². The molecule has 9 nitrogen and oxygen atoms in total. The first-order valence-electron chi connectivity index (χ1n) is 9.41. The Bertz CT molecular complexity index is 653.